The number of benzene rings is 4. The van der Waals surface area contributed by atoms with Gasteiger partial charge in [0.25, 0.3) is 5.79 Å². The fourth-order valence-corrected chi connectivity index (χ4v) is 6.86. The van der Waals surface area contributed by atoms with E-state index in [9.17, 15) is 43.2 Å². The van der Waals surface area contributed by atoms with Crippen molar-refractivity contribution in [3.8, 4) is 23.0 Å². The summed E-state index contributed by atoms with van der Waals surface area (Å²) in [6.07, 6.45) is 0. The van der Waals surface area contributed by atoms with E-state index in [1.54, 1.807) is 48.5 Å². The molecule has 2 aliphatic heterocycles. The van der Waals surface area contributed by atoms with E-state index in [1.807, 2.05) is 0 Å². The number of alkyl halides is 6. The highest BCUT2D eigenvalue weighted by molar-refractivity contribution is 9.10. The molecule has 0 amide bonds. The third kappa shape index (κ3) is 4.91. The Morgan fingerprint density at radius 3 is 1.30 bits per heavy atom. The van der Waals surface area contributed by atoms with Crippen LogP contribution in [0, 0.1) is 0 Å². The van der Waals surface area contributed by atoms with Crippen LogP contribution in [-0.2, 0) is 31.4 Å². The SMILES string of the molecule is O=S(=O)(Oc1ccc2c(c1)OC1(c3ccc(Br)cc3)Oc3cc(OS(=O)(=O)C(F)(F)F)ccc3C21c1ccc(Br)cc1)C(F)(F)F. The standard InChI is InChI=1S/C28H14Br2F6O8S2/c29-17-5-1-15(2-6-17)25-21-11-9-19(43-45(37,38)27(31,32)33)13-23(21)41-26(25,16-3-7-18(30)8-4-16)42-24-14-20(10-12-22(24)25)44-46(39,40)28(34,35)36/h1-14H. The van der Waals surface area contributed by atoms with E-state index in [-0.39, 0.29) is 22.6 Å². The molecule has 0 radical (unpaired) electrons. The van der Waals surface area contributed by atoms with E-state index in [2.05, 4.69) is 40.2 Å². The molecule has 0 spiro atoms. The number of ether oxygens (including phenoxy) is 2. The summed E-state index contributed by atoms with van der Waals surface area (Å²) >= 11 is 6.70. The minimum absolute atomic E-state index is 0.147. The van der Waals surface area contributed by atoms with Gasteiger partial charge in [0, 0.05) is 37.8 Å². The van der Waals surface area contributed by atoms with Crippen LogP contribution in [0.25, 0.3) is 0 Å². The van der Waals surface area contributed by atoms with Gasteiger partial charge in [-0.05, 0) is 42.0 Å². The predicted octanol–water partition coefficient (Wildman–Crippen LogP) is 7.64. The summed E-state index contributed by atoms with van der Waals surface area (Å²) < 4.78 is 148. The molecule has 46 heavy (non-hydrogen) atoms. The number of halogens is 8. The molecule has 4 aromatic rings. The summed E-state index contributed by atoms with van der Waals surface area (Å²) in [6, 6.07) is 19.5. The topological polar surface area (TPSA) is 105 Å². The van der Waals surface area contributed by atoms with E-state index in [4.69, 9.17) is 9.47 Å². The van der Waals surface area contributed by atoms with Crippen molar-refractivity contribution in [3.63, 3.8) is 0 Å². The monoisotopic (exact) mass is 814 g/mol. The largest absolute Gasteiger partial charge is 0.534 e. The van der Waals surface area contributed by atoms with Crippen molar-refractivity contribution in [2.24, 2.45) is 0 Å². The summed E-state index contributed by atoms with van der Waals surface area (Å²) in [5.41, 5.74) is -11.8. The first-order valence-corrected chi connectivity index (χ1v) is 16.9. The smallest absolute Gasteiger partial charge is 0.446 e. The summed E-state index contributed by atoms with van der Waals surface area (Å²) in [5, 5.41) is 0. The van der Waals surface area contributed by atoms with Crippen molar-refractivity contribution in [1.29, 1.82) is 0 Å². The highest BCUT2D eigenvalue weighted by atomic mass is 79.9. The first kappa shape index (κ1) is 32.5. The van der Waals surface area contributed by atoms with E-state index < -0.39 is 54.0 Å². The maximum atomic E-state index is 13.1. The lowest BCUT2D eigenvalue weighted by atomic mass is 9.64. The number of fused-ring (bicyclic) bond motifs is 5. The first-order valence-electron chi connectivity index (χ1n) is 12.5. The van der Waals surface area contributed by atoms with Crippen molar-refractivity contribution in [2.45, 2.75) is 22.2 Å². The third-order valence-corrected chi connectivity index (χ3v) is 10.2. The van der Waals surface area contributed by atoms with E-state index in [0.29, 0.717) is 20.1 Å². The van der Waals surface area contributed by atoms with Crippen LogP contribution in [0.4, 0.5) is 26.3 Å². The number of hydrogen-bond donors (Lipinski definition) is 0. The van der Waals surface area contributed by atoms with Crippen LogP contribution in [0.5, 0.6) is 23.0 Å². The van der Waals surface area contributed by atoms with Crippen LogP contribution < -0.4 is 17.8 Å². The second kappa shape index (κ2) is 10.5. The van der Waals surface area contributed by atoms with Crippen LogP contribution in [-0.4, -0.2) is 27.9 Å². The predicted molar refractivity (Wildman–Crippen MR) is 155 cm³/mol. The Bertz CT molecular complexity index is 1980. The molecule has 18 heteroatoms. The molecular formula is C28H14Br2F6O8S2. The maximum Gasteiger partial charge on any atom is 0.534 e. The van der Waals surface area contributed by atoms with Gasteiger partial charge >= 0.3 is 31.3 Å². The second-order valence-corrected chi connectivity index (χ2v) is 14.8. The fourth-order valence-electron chi connectivity index (χ4n) is 5.43. The average Bonchev–Trinajstić information content (AvgIpc) is 3.38. The molecule has 242 valence electrons. The molecule has 0 atom stereocenters. The lowest BCUT2D eigenvalue weighted by Crippen LogP contribution is -2.50. The van der Waals surface area contributed by atoms with Gasteiger partial charge in [-0.3, -0.25) is 0 Å². The van der Waals surface area contributed by atoms with Gasteiger partial charge < -0.3 is 17.8 Å². The Labute approximate surface area is 273 Å². The summed E-state index contributed by atoms with van der Waals surface area (Å²) in [5.74, 6) is -3.73. The third-order valence-electron chi connectivity index (χ3n) is 7.20. The second-order valence-electron chi connectivity index (χ2n) is 9.87. The molecule has 0 bridgehead atoms. The van der Waals surface area contributed by atoms with Crippen LogP contribution in [0.2, 0.25) is 0 Å². The zero-order valence-corrected chi connectivity index (χ0v) is 27.0. The van der Waals surface area contributed by atoms with Crippen molar-refractivity contribution in [2.75, 3.05) is 0 Å². The molecule has 2 aliphatic rings. The quantitative estimate of drug-likeness (QED) is 0.111. The van der Waals surface area contributed by atoms with Gasteiger partial charge in [-0.1, -0.05) is 68.3 Å². The van der Waals surface area contributed by atoms with Crippen molar-refractivity contribution < 1.29 is 61.0 Å². The highest BCUT2D eigenvalue weighted by Gasteiger charge is 2.70. The molecule has 4 aromatic carbocycles. The molecule has 0 N–H and O–H groups in total. The molecule has 8 nitrogen and oxygen atoms in total. The Morgan fingerprint density at radius 2 is 0.935 bits per heavy atom. The van der Waals surface area contributed by atoms with Gasteiger partial charge in [0.2, 0.25) is 0 Å². The number of hydrogen-bond acceptors (Lipinski definition) is 8. The van der Waals surface area contributed by atoms with Gasteiger partial charge in [0.15, 0.2) is 0 Å². The molecule has 2 heterocycles. The molecule has 0 aliphatic carbocycles. The minimum Gasteiger partial charge on any atom is -0.446 e. The zero-order chi connectivity index (χ0) is 33.5. The van der Waals surface area contributed by atoms with Gasteiger partial charge in [0.1, 0.15) is 28.4 Å². The summed E-state index contributed by atoms with van der Waals surface area (Å²) in [7, 11) is -12.1. The number of rotatable bonds is 6. The van der Waals surface area contributed by atoms with Crippen LogP contribution in [0.1, 0.15) is 22.3 Å². The molecule has 0 aromatic heterocycles. The van der Waals surface area contributed by atoms with Crippen LogP contribution >= 0.6 is 31.9 Å². The van der Waals surface area contributed by atoms with Crippen molar-refractivity contribution in [3.05, 3.63) is 116 Å². The molecule has 0 unspecified atom stereocenters. The molecule has 0 saturated heterocycles. The zero-order valence-electron chi connectivity index (χ0n) is 22.2. The highest BCUT2D eigenvalue weighted by Crippen LogP contribution is 2.67. The van der Waals surface area contributed by atoms with Crippen molar-refractivity contribution >= 4 is 52.1 Å². The maximum absolute atomic E-state index is 13.1. The lowest BCUT2D eigenvalue weighted by molar-refractivity contribution is -0.119. The first-order chi connectivity index (χ1) is 21.3. The summed E-state index contributed by atoms with van der Waals surface area (Å²) in [6.45, 7) is 0. The van der Waals surface area contributed by atoms with Gasteiger partial charge in [-0.25, -0.2) is 0 Å². The normalized spacial score (nSPS) is 20.6. The van der Waals surface area contributed by atoms with E-state index >= 15 is 0 Å². The lowest BCUT2D eigenvalue weighted by Gasteiger charge is -2.38. The van der Waals surface area contributed by atoms with Gasteiger partial charge in [-0.15, -0.1) is 0 Å². The molecular weight excluding hydrogens is 802 g/mol. The fraction of sp³-hybridized carbons (Fsp3) is 0.143. The Kier molecular flexibility index (Phi) is 7.42. The average molecular weight is 816 g/mol. The molecule has 0 saturated carbocycles. The van der Waals surface area contributed by atoms with Gasteiger partial charge in [-0.2, -0.15) is 43.2 Å². The van der Waals surface area contributed by atoms with E-state index in [0.717, 1.165) is 24.3 Å². The Morgan fingerprint density at radius 1 is 0.565 bits per heavy atom. The van der Waals surface area contributed by atoms with Crippen LogP contribution in [0.15, 0.2) is 93.9 Å². The molecule has 0 fully saturated rings. The Hall–Kier alpha value is -3.48. The van der Waals surface area contributed by atoms with Gasteiger partial charge in [0.05, 0.1) is 0 Å². The summed E-state index contributed by atoms with van der Waals surface area (Å²) in [4.78, 5) is 0. The van der Waals surface area contributed by atoms with E-state index in [1.165, 1.54) is 12.1 Å². The van der Waals surface area contributed by atoms with Crippen molar-refractivity contribution in [1.82, 2.24) is 0 Å². The van der Waals surface area contributed by atoms with Crippen LogP contribution in [0.3, 0.4) is 0 Å². The molecule has 6 rings (SSSR count). The Balaban J connectivity index is 1.62. The minimum atomic E-state index is -6.05.